The fraction of sp³-hybridized carbons (Fsp3) is 0.412. The smallest absolute Gasteiger partial charge is 0.394 e. The van der Waals surface area contributed by atoms with Crippen molar-refractivity contribution in [2.45, 2.75) is 36.4 Å². The molecule has 3 rings (SSSR count). The van der Waals surface area contributed by atoms with Crippen LogP contribution in [0, 0.1) is 0 Å². The number of ketones is 1. The van der Waals surface area contributed by atoms with Gasteiger partial charge in [0.15, 0.2) is 12.0 Å². The highest BCUT2D eigenvalue weighted by Crippen LogP contribution is 2.39. The Labute approximate surface area is 161 Å². The summed E-state index contributed by atoms with van der Waals surface area (Å²) < 4.78 is 45.8. The van der Waals surface area contributed by atoms with Gasteiger partial charge in [0.2, 0.25) is 0 Å². The number of hydrogen-bond acceptors (Lipinski definition) is 7. The molecule has 2 heterocycles. The van der Waals surface area contributed by atoms with E-state index in [0.717, 1.165) is 0 Å². The standard InChI is InChI=1S/C17H17F3N2O7/c18-17(19,20)16(28)9(11(24)8-4-2-1-3-5-8)6-22(15(27)21-16)14-13(26)12(25)10(7-23)29-14/h1-6,10,12-14,23,25-26,28H,7H2,(H,21,27)/t10-,12-,13-,14-,16?/m1/s1. The molecule has 0 aliphatic carbocycles. The molecule has 2 aliphatic rings. The third kappa shape index (κ3) is 3.49. The highest BCUT2D eigenvalue weighted by atomic mass is 19.4. The molecule has 9 nitrogen and oxygen atoms in total. The zero-order valence-corrected chi connectivity index (χ0v) is 14.6. The molecule has 0 aromatic heterocycles. The maximum absolute atomic E-state index is 13.6. The van der Waals surface area contributed by atoms with Gasteiger partial charge in [0.25, 0.3) is 5.72 Å². The number of nitrogens with one attached hydrogen (secondary N) is 1. The summed E-state index contributed by atoms with van der Waals surface area (Å²) in [6.45, 7) is -0.740. The summed E-state index contributed by atoms with van der Waals surface area (Å²) in [6.07, 6.45) is -11.5. The summed E-state index contributed by atoms with van der Waals surface area (Å²) in [4.78, 5) is 25.4. The van der Waals surface area contributed by atoms with Crippen LogP contribution in [0.1, 0.15) is 10.4 Å². The molecule has 1 unspecified atom stereocenters. The molecule has 1 aromatic rings. The molecule has 29 heavy (non-hydrogen) atoms. The minimum atomic E-state index is -5.45. The molecule has 5 N–H and O–H groups in total. The molecule has 2 aliphatic heterocycles. The second-order valence-corrected chi connectivity index (χ2v) is 6.51. The van der Waals surface area contributed by atoms with Gasteiger partial charge in [0.05, 0.1) is 12.2 Å². The van der Waals surface area contributed by atoms with Crippen molar-refractivity contribution in [1.29, 1.82) is 0 Å². The number of nitrogens with zero attached hydrogens (tertiary/aromatic N) is 1. The van der Waals surface area contributed by atoms with Crippen LogP contribution in [0.2, 0.25) is 0 Å². The lowest BCUT2D eigenvalue weighted by molar-refractivity contribution is -0.253. The summed E-state index contributed by atoms with van der Waals surface area (Å²) in [5, 5.41) is 40.5. The maximum atomic E-state index is 13.6. The van der Waals surface area contributed by atoms with E-state index < -0.39 is 60.4 Å². The SMILES string of the molecule is O=C(C1=CN([C@@H]2O[C@H](CO)[C@@H](O)[C@H]2O)C(=O)NC1(O)C(F)(F)F)c1ccccc1. The van der Waals surface area contributed by atoms with Gasteiger partial charge in [-0.05, 0) is 0 Å². The number of halogens is 3. The molecule has 12 heteroatoms. The fourth-order valence-corrected chi connectivity index (χ4v) is 3.07. The topological polar surface area (TPSA) is 140 Å². The van der Waals surface area contributed by atoms with Gasteiger partial charge >= 0.3 is 12.2 Å². The summed E-state index contributed by atoms with van der Waals surface area (Å²) in [6, 6.07) is 5.21. The summed E-state index contributed by atoms with van der Waals surface area (Å²) in [5.74, 6) is -1.23. The molecule has 0 spiro atoms. The van der Waals surface area contributed by atoms with Crippen molar-refractivity contribution in [2.24, 2.45) is 0 Å². The molecule has 1 fully saturated rings. The third-order valence-electron chi connectivity index (χ3n) is 4.66. The Morgan fingerprint density at radius 2 is 1.83 bits per heavy atom. The van der Waals surface area contributed by atoms with Crippen LogP contribution < -0.4 is 5.32 Å². The largest absolute Gasteiger partial charge is 0.441 e. The molecule has 1 saturated heterocycles. The lowest BCUT2D eigenvalue weighted by Crippen LogP contribution is -2.67. The van der Waals surface area contributed by atoms with Crippen LogP contribution in [-0.4, -0.2) is 80.2 Å². The number of ether oxygens (including phenoxy) is 1. The van der Waals surface area contributed by atoms with E-state index >= 15 is 0 Å². The van der Waals surface area contributed by atoms with Crippen molar-refractivity contribution in [3.63, 3.8) is 0 Å². The first-order valence-corrected chi connectivity index (χ1v) is 8.35. The van der Waals surface area contributed by atoms with Gasteiger partial charge in [-0.25, -0.2) is 4.79 Å². The van der Waals surface area contributed by atoms with Gasteiger partial charge in [-0.2, -0.15) is 13.2 Å². The third-order valence-corrected chi connectivity index (χ3v) is 4.66. The van der Waals surface area contributed by atoms with Crippen LogP contribution >= 0.6 is 0 Å². The molecule has 0 bridgehead atoms. The second-order valence-electron chi connectivity index (χ2n) is 6.51. The number of amides is 2. The van der Waals surface area contributed by atoms with Crippen molar-refractivity contribution < 1.29 is 47.9 Å². The summed E-state index contributed by atoms with van der Waals surface area (Å²) in [5.41, 5.74) is -5.43. The number of urea groups is 1. The lowest BCUT2D eigenvalue weighted by Gasteiger charge is -2.40. The van der Waals surface area contributed by atoms with Gasteiger partial charge < -0.3 is 25.2 Å². The molecule has 158 valence electrons. The van der Waals surface area contributed by atoms with Crippen LogP contribution in [0.25, 0.3) is 0 Å². The molecular weight excluding hydrogens is 401 g/mol. The predicted octanol–water partition coefficient (Wildman–Crippen LogP) is -0.532. The Morgan fingerprint density at radius 3 is 2.34 bits per heavy atom. The Bertz CT molecular complexity index is 832. The molecule has 0 saturated carbocycles. The van der Waals surface area contributed by atoms with Gasteiger partial charge in [0, 0.05) is 11.8 Å². The summed E-state index contributed by atoms with van der Waals surface area (Å²) in [7, 11) is 0. The van der Waals surface area contributed by atoms with Gasteiger partial charge in [-0.1, -0.05) is 30.3 Å². The monoisotopic (exact) mass is 418 g/mol. The Balaban J connectivity index is 2.07. The first kappa shape index (κ1) is 21.2. The van der Waals surface area contributed by atoms with E-state index in [9.17, 15) is 38.1 Å². The fourth-order valence-electron chi connectivity index (χ4n) is 3.07. The average Bonchev–Trinajstić information content (AvgIpc) is 2.95. The molecular formula is C17H17F3N2O7. The van der Waals surface area contributed by atoms with E-state index in [1.807, 2.05) is 0 Å². The predicted molar refractivity (Wildman–Crippen MR) is 88.0 cm³/mol. The number of hydrogen-bond donors (Lipinski definition) is 5. The first-order valence-electron chi connectivity index (χ1n) is 8.35. The first-order chi connectivity index (χ1) is 13.5. The van der Waals surface area contributed by atoms with Crippen molar-refractivity contribution in [3.05, 3.63) is 47.7 Å². The maximum Gasteiger partial charge on any atom is 0.441 e. The van der Waals surface area contributed by atoms with Crippen LogP contribution in [-0.2, 0) is 4.74 Å². The number of carbonyl (C=O) groups is 2. The Morgan fingerprint density at radius 1 is 1.21 bits per heavy atom. The quantitative estimate of drug-likeness (QED) is 0.414. The number of rotatable bonds is 4. The number of aliphatic hydroxyl groups is 4. The highest BCUT2D eigenvalue weighted by Gasteiger charge is 2.62. The zero-order valence-electron chi connectivity index (χ0n) is 14.6. The van der Waals surface area contributed by atoms with Crippen molar-refractivity contribution in [1.82, 2.24) is 10.2 Å². The van der Waals surface area contributed by atoms with E-state index in [1.54, 1.807) is 0 Å². The van der Waals surface area contributed by atoms with E-state index in [1.165, 1.54) is 35.6 Å². The van der Waals surface area contributed by atoms with Crippen LogP contribution in [0.3, 0.4) is 0 Å². The second kappa shape index (κ2) is 7.39. The highest BCUT2D eigenvalue weighted by molar-refractivity contribution is 6.11. The van der Waals surface area contributed by atoms with Crippen molar-refractivity contribution in [3.8, 4) is 0 Å². The Hall–Kier alpha value is -2.51. The normalized spacial score (nSPS) is 32.7. The number of aliphatic hydroxyl groups excluding tert-OH is 3. The average molecular weight is 418 g/mol. The van der Waals surface area contributed by atoms with Gasteiger partial charge in [0.1, 0.15) is 18.3 Å². The minimum Gasteiger partial charge on any atom is -0.394 e. The van der Waals surface area contributed by atoms with Gasteiger partial charge in [-0.15, -0.1) is 0 Å². The van der Waals surface area contributed by atoms with E-state index in [0.29, 0.717) is 11.1 Å². The van der Waals surface area contributed by atoms with Crippen LogP contribution in [0.5, 0.6) is 0 Å². The molecule has 5 atom stereocenters. The Kier molecular flexibility index (Phi) is 5.40. The van der Waals surface area contributed by atoms with Crippen LogP contribution in [0.15, 0.2) is 42.1 Å². The number of carbonyl (C=O) groups excluding carboxylic acids is 2. The van der Waals surface area contributed by atoms with E-state index in [4.69, 9.17) is 9.84 Å². The van der Waals surface area contributed by atoms with E-state index in [-0.39, 0.29) is 5.56 Å². The van der Waals surface area contributed by atoms with Crippen molar-refractivity contribution in [2.75, 3.05) is 6.61 Å². The molecule has 2 amide bonds. The molecule has 1 aromatic carbocycles. The lowest BCUT2D eigenvalue weighted by atomic mass is 9.92. The van der Waals surface area contributed by atoms with Gasteiger partial charge in [-0.3, -0.25) is 15.0 Å². The number of Topliss-reactive ketones (excluding diaryl/α,β-unsaturated/α-hetero) is 1. The number of alkyl halides is 3. The van der Waals surface area contributed by atoms with Crippen molar-refractivity contribution >= 4 is 11.8 Å². The van der Waals surface area contributed by atoms with E-state index in [2.05, 4.69) is 0 Å². The summed E-state index contributed by atoms with van der Waals surface area (Å²) >= 11 is 0. The zero-order chi connectivity index (χ0) is 21.6. The van der Waals surface area contributed by atoms with Crippen LogP contribution in [0.4, 0.5) is 18.0 Å². The number of benzene rings is 1. The molecule has 0 radical (unpaired) electrons. The minimum absolute atomic E-state index is 0.196.